The summed E-state index contributed by atoms with van der Waals surface area (Å²) < 4.78 is 26.6. The maximum absolute atomic E-state index is 12.5. The van der Waals surface area contributed by atoms with Crippen LogP contribution in [0.15, 0.2) is 18.3 Å². The summed E-state index contributed by atoms with van der Waals surface area (Å²) in [6.07, 6.45) is 4.00. The molecule has 1 aliphatic carbocycles. The van der Waals surface area contributed by atoms with E-state index in [0.29, 0.717) is 37.1 Å². The van der Waals surface area contributed by atoms with E-state index < -0.39 is 10.0 Å². The van der Waals surface area contributed by atoms with Crippen molar-refractivity contribution in [3.8, 4) is 0 Å². The number of aromatic nitrogens is 1. The van der Waals surface area contributed by atoms with Crippen LogP contribution in [0.1, 0.15) is 19.8 Å². The molecule has 1 saturated carbocycles. The van der Waals surface area contributed by atoms with Crippen LogP contribution in [0.3, 0.4) is 0 Å². The highest BCUT2D eigenvalue weighted by atomic mass is 35.5. The average Bonchev–Trinajstić information content (AvgIpc) is 3.32. The largest absolute Gasteiger partial charge is 0.354 e. The lowest BCUT2D eigenvalue weighted by atomic mass is 10.1. The second-order valence-corrected chi connectivity index (χ2v) is 8.76. The SMILES string of the molecule is CC(CS(=O)(=O)N1CCN(c2ccc(Cl)cn2)CC1)C1CC1. The number of rotatable bonds is 5. The van der Waals surface area contributed by atoms with Crippen molar-refractivity contribution < 1.29 is 8.42 Å². The first-order valence-corrected chi connectivity index (χ1v) is 9.79. The Morgan fingerprint density at radius 3 is 2.50 bits per heavy atom. The summed E-state index contributed by atoms with van der Waals surface area (Å²) in [5.41, 5.74) is 0. The highest BCUT2D eigenvalue weighted by Gasteiger charge is 2.34. The van der Waals surface area contributed by atoms with E-state index in [1.54, 1.807) is 10.5 Å². The van der Waals surface area contributed by atoms with Crippen LogP contribution in [-0.4, -0.2) is 49.6 Å². The lowest BCUT2D eigenvalue weighted by Gasteiger charge is -2.35. The zero-order valence-corrected chi connectivity index (χ0v) is 14.4. The number of hydrogen-bond donors (Lipinski definition) is 0. The second-order valence-electron chi connectivity index (χ2n) is 6.31. The molecule has 5 nitrogen and oxygen atoms in total. The molecular formula is C15H22ClN3O2S. The quantitative estimate of drug-likeness (QED) is 0.822. The van der Waals surface area contributed by atoms with E-state index in [1.165, 1.54) is 12.8 Å². The summed E-state index contributed by atoms with van der Waals surface area (Å²) in [6, 6.07) is 3.69. The summed E-state index contributed by atoms with van der Waals surface area (Å²) in [5, 5.41) is 0.610. The molecule has 1 unspecified atom stereocenters. The van der Waals surface area contributed by atoms with Crippen LogP contribution in [0, 0.1) is 11.8 Å². The van der Waals surface area contributed by atoms with Crippen molar-refractivity contribution in [1.82, 2.24) is 9.29 Å². The smallest absolute Gasteiger partial charge is 0.214 e. The average molecular weight is 344 g/mol. The number of halogens is 1. The van der Waals surface area contributed by atoms with Crippen molar-refractivity contribution in [3.63, 3.8) is 0 Å². The molecule has 0 N–H and O–H groups in total. The summed E-state index contributed by atoms with van der Waals surface area (Å²) in [6.45, 7) is 4.47. The summed E-state index contributed by atoms with van der Waals surface area (Å²) in [4.78, 5) is 6.40. The van der Waals surface area contributed by atoms with Gasteiger partial charge < -0.3 is 4.90 Å². The van der Waals surface area contributed by atoms with Gasteiger partial charge >= 0.3 is 0 Å². The minimum Gasteiger partial charge on any atom is -0.354 e. The van der Waals surface area contributed by atoms with Crippen LogP contribution < -0.4 is 4.90 Å². The van der Waals surface area contributed by atoms with Crippen LogP contribution in [0.5, 0.6) is 0 Å². The van der Waals surface area contributed by atoms with Gasteiger partial charge in [0.15, 0.2) is 0 Å². The first kappa shape index (κ1) is 16.0. The molecule has 0 spiro atoms. The molecule has 2 heterocycles. The zero-order chi connectivity index (χ0) is 15.7. The Morgan fingerprint density at radius 2 is 1.95 bits per heavy atom. The molecular weight excluding hydrogens is 322 g/mol. The maximum atomic E-state index is 12.5. The maximum Gasteiger partial charge on any atom is 0.214 e. The van der Waals surface area contributed by atoms with E-state index >= 15 is 0 Å². The molecule has 1 saturated heterocycles. The van der Waals surface area contributed by atoms with Crippen molar-refractivity contribution in [2.24, 2.45) is 11.8 Å². The molecule has 22 heavy (non-hydrogen) atoms. The monoisotopic (exact) mass is 343 g/mol. The van der Waals surface area contributed by atoms with E-state index in [-0.39, 0.29) is 11.7 Å². The first-order valence-electron chi connectivity index (χ1n) is 7.80. The van der Waals surface area contributed by atoms with Crippen LogP contribution in [-0.2, 0) is 10.0 Å². The van der Waals surface area contributed by atoms with Gasteiger partial charge in [0.05, 0.1) is 10.8 Å². The molecule has 2 aliphatic rings. The third-order valence-electron chi connectivity index (χ3n) is 4.57. The van der Waals surface area contributed by atoms with E-state index in [0.717, 1.165) is 5.82 Å². The molecule has 0 bridgehead atoms. The van der Waals surface area contributed by atoms with E-state index in [9.17, 15) is 8.42 Å². The van der Waals surface area contributed by atoms with Crippen molar-refractivity contribution in [1.29, 1.82) is 0 Å². The third kappa shape index (κ3) is 3.73. The number of hydrogen-bond acceptors (Lipinski definition) is 4. The van der Waals surface area contributed by atoms with Crippen LogP contribution in [0.2, 0.25) is 5.02 Å². The zero-order valence-electron chi connectivity index (χ0n) is 12.8. The summed E-state index contributed by atoms with van der Waals surface area (Å²) in [7, 11) is -3.13. The van der Waals surface area contributed by atoms with Crippen LogP contribution in [0.4, 0.5) is 5.82 Å². The topological polar surface area (TPSA) is 53.5 Å². The number of anilines is 1. The second kappa shape index (κ2) is 6.34. The predicted molar refractivity (Wildman–Crippen MR) is 88.7 cm³/mol. The molecule has 0 aromatic carbocycles. The molecule has 1 aliphatic heterocycles. The Balaban J connectivity index is 1.57. The van der Waals surface area contributed by atoms with Gasteiger partial charge in [-0.3, -0.25) is 0 Å². The van der Waals surface area contributed by atoms with Gasteiger partial charge in [-0.1, -0.05) is 18.5 Å². The summed E-state index contributed by atoms with van der Waals surface area (Å²) in [5.74, 6) is 2.04. The first-order chi connectivity index (χ1) is 10.5. The van der Waals surface area contributed by atoms with Crippen molar-refractivity contribution in [2.75, 3.05) is 36.8 Å². The lowest BCUT2D eigenvalue weighted by molar-refractivity contribution is 0.377. The Hall–Kier alpha value is -0.850. The van der Waals surface area contributed by atoms with Gasteiger partial charge in [0, 0.05) is 32.4 Å². The molecule has 122 valence electrons. The van der Waals surface area contributed by atoms with Crippen molar-refractivity contribution >= 4 is 27.4 Å². The van der Waals surface area contributed by atoms with Crippen LogP contribution in [0.25, 0.3) is 0 Å². The Bertz CT molecular complexity index is 608. The predicted octanol–water partition coefficient (Wildman–Crippen LogP) is 2.23. The van der Waals surface area contributed by atoms with Crippen molar-refractivity contribution in [2.45, 2.75) is 19.8 Å². The number of piperazine rings is 1. The van der Waals surface area contributed by atoms with Gasteiger partial charge in [0.2, 0.25) is 10.0 Å². The highest BCUT2D eigenvalue weighted by Crippen LogP contribution is 2.37. The van der Waals surface area contributed by atoms with Gasteiger partial charge in [0.1, 0.15) is 5.82 Å². The highest BCUT2D eigenvalue weighted by molar-refractivity contribution is 7.89. The Labute approximate surface area is 137 Å². The van der Waals surface area contributed by atoms with Crippen molar-refractivity contribution in [3.05, 3.63) is 23.4 Å². The number of pyridine rings is 1. The standard InChI is InChI=1S/C15H22ClN3O2S/c1-12(13-2-3-13)11-22(20,21)19-8-6-18(7-9-19)15-5-4-14(16)10-17-15/h4-5,10,12-13H,2-3,6-9,11H2,1H3. The molecule has 3 rings (SSSR count). The fraction of sp³-hybridized carbons (Fsp3) is 0.667. The number of nitrogens with zero attached hydrogens (tertiary/aromatic N) is 3. The van der Waals surface area contributed by atoms with Gasteiger partial charge in [-0.05, 0) is 36.8 Å². The fourth-order valence-electron chi connectivity index (χ4n) is 2.99. The minimum atomic E-state index is -3.13. The van der Waals surface area contributed by atoms with E-state index in [4.69, 9.17) is 11.6 Å². The lowest BCUT2D eigenvalue weighted by Crippen LogP contribution is -2.50. The number of sulfonamides is 1. The van der Waals surface area contributed by atoms with E-state index in [2.05, 4.69) is 16.8 Å². The Morgan fingerprint density at radius 1 is 1.27 bits per heavy atom. The van der Waals surface area contributed by atoms with Crippen LogP contribution >= 0.6 is 11.6 Å². The summed E-state index contributed by atoms with van der Waals surface area (Å²) >= 11 is 5.84. The molecule has 1 aromatic heterocycles. The van der Waals surface area contributed by atoms with Gasteiger partial charge in [-0.2, -0.15) is 4.31 Å². The van der Waals surface area contributed by atoms with Gasteiger partial charge in [-0.25, -0.2) is 13.4 Å². The van der Waals surface area contributed by atoms with Gasteiger partial charge in [0.25, 0.3) is 0 Å². The molecule has 7 heteroatoms. The Kier molecular flexibility index (Phi) is 4.61. The minimum absolute atomic E-state index is 0.279. The molecule has 0 radical (unpaired) electrons. The normalized spacial score (nSPS) is 21.8. The molecule has 1 aromatic rings. The molecule has 0 amide bonds. The molecule has 2 fully saturated rings. The molecule has 1 atom stereocenters. The van der Waals surface area contributed by atoms with Gasteiger partial charge in [-0.15, -0.1) is 0 Å². The fourth-order valence-corrected chi connectivity index (χ4v) is 4.97. The third-order valence-corrected chi connectivity index (χ3v) is 6.89. The van der Waals surface area contributed by atoms with E-state index in [1.807, 2.05) is 12.1 Å².